The number of likely N-dealkylation sites (tertiary alicyclic amines) is 1. The molecule has 1 fully saturated rings. The Bertz CT molecular complexity index is 579. The second-order valence-corrected chi connectivity index (χ2v) is 7.54. The molecule has 0 saturated carbocycles. The summed E-state index contributed by atoms with van der Waals surface area (Å²) in [6, 6.07) is 6.12. The van der Waals surface area contributed by atoms with Gasteiger partial charge in [0, 0.05) is 24.7 Å². The predicted molar refractivity (Wildman–Crippen MR) is 75.7 cm³/mol. The summed E-state index contributed by atoms with van der Waals surface area (Å²) in [6.45, 7) is 1.74. The highest BCUT2D eigenvalue weighted by Gasteiger charge is 2.29. The van der Waals surface area contributed by atoms with Crippen LogP contribution >= 0.6 is 11.6 Å². The monoisotopic (exact) mass is 317 g/mol. The van der Waals surface area contributed by atoms with Gasteiger partial charge in [0.1, 0.15) is 0 Å². The highest BCUT2D eigenvalue weighted by molar-refractivity contribution is 7.91. The largest absolute Gasteiger partial charge is 0.481 e. The summed E-state index contributed by atoms with van der Waals surface area (Å²) in [4.78, 5) is 12.7. The van der Waals surface area contributed by atoms with Gasteiger partial charge in [-0.1, -0.05) is 11.6 Å². The van der Waals surface area contributed by atoms with Crippen LogP contribution in [0.15, 0.2) is 29.2 Å². The lowest BCUT2D eigenvalue weighted by atomic mass is 9.97. The maximum absolute atomic E-state index is 12.1. The van der Waals surface area contributed by atoms with Crippen molar-refractivity contribution < 1.29 is 18.3 Å². The summed E-state index contributed by atoms with van der Waals surface area (Å²) in [5.74, 6) is -0.622. The Morgan fingerprint density at radius 1 is 1.30 bits per heavy atom. The first-order chi connectivity index (χ1) is 9.37. The zero-order chi connectivity index (χ0) is 14.8. The average molecular weight is 318 g/mol. The Labute approximate surface area is 123 Å². The van der Waals surface area contributed by atoms with Crippen LogP contribution in [0.2, 0.25) is 5.02 Å². The molecule has 2 rings (SSSR count). The minimum Gasteiger partial charge on any atom is -0.481 e. The summed E-state index contributed by atoms with van der Waals surface area (Å²) >= 11 is 5.73. The number of halogens is 1. The van der Waals surface area contributed by atoms with E-state index < -0.39 is 15.8 Å². The molecule has 7 heteroatoms. The van der Waals surface area contributed by atoms with Crippen LogP contribution < -0.4 is 0 Å². The molecule has 1 heterocycles. The summed E-state index contributed by atoms with van der Waals surface area (Å²) < 4.78 is 24.2. The van der Waals surface area contributed by atoms with E-state index in [2.05, 4.69) is 0 Å². The first-order valence-corrected chi connectivity index (χ1v) is 8.32. The Hall–Kier alpha value is -1.11. The van der Waals surface area contributed by atoms with E-state index in [1.54, 1.807) is 12.1 Å². The number of sulfone groups is 1. The number of nitrogens with zero attached hydrogens (tertiary/aromatic N) is 1. The second-order valence-electron chi connectivity index (χ2n) is 5.00. The van der Waals surface area contributed by atoms with E-state index in [0.717, 1.165) is 0 Å². The van der Waals surface area contributed by atoms with Crippen molar-refractivity contribution >= 4 is 27.4 Å². The third kappa shape index (κ3) is 3.94. The van der Waals surface area contributed by atoms with Gasteiger partial charge in [0.2, 0.25) is 0 Å². The van der Waals surface area contributed by atoms with Crippen LogP contribution in [0.3, 0.4) is 0 Å². The Morgan fingerprint density at radius 3 is 2.45 bits per heavy atom. The molecule has 1 aromatic rings. The van der Waals surface area contributed by atoms with Crippen LogP contribution in [0, 0.1) is 5.92 Å². The molecule has 0 unspecified atom stereocenters. The number of rotatable bonds is 6. The number of carboxylic acids is 1. The van der Waals surface area contributed by atoms with E-state index >= 15 is 0 Å². The molecule has 110 valence electrons. The molecule has 1 aliphatic rings. The number of hydrogen-bond donors (Lipinski definition) is 1. The van der Waals surface area contributed by atoms with Gasteiger partial charge >= 0.3 is 5.97 Å². The van der Waals surface area contributed by atoms with Crippen molar-refractivity contribution in [1.82, 2.24) is 4.90 Å². The molecule has 5 nitrogen and oxygen atoms in total. The zero-order valence-electron chi connectivity index (χ0n) is 10.8. The predicted octanol–water partition coefficient (Wildman–Crippen LogP) is 1.52. The van der Waals surface area contributed by atoms with Crippen molar-refractivity contribution in [2.45, 2.75) is 11.3 Å². The van der Waals surface area contributed by atoms with Crippen molar-refractivity contribution in [3.8, 4) is 0 Å². The first-order valence-electron chi connectivity index (χ1n) is 6.29. The van der Waals surface area contributed by atoms with Crippen LogP contribution in [0.4, 0.5) is 0 Å². The topological polar surface area (TPSA) is 74.7 Å². The molecule has 1 saturated heterocycles. The number of hydrogen-bond acceptors (Lipinski definition) is 4. The Kier molecular flexibility index (Phi) is 4.67. The van der Waals surface area contributed by atoms with E-state index in [4.69, 9.17) is 16.7 Å². The van der Waals surface area contributed by atoms with Crippen LogP contribution in [-0.4, -0.2) is 49.8 Å². The van der Waals surface area contributed by atoms with Gasteiger partial charge in [-0.25, -0.2) is 8.42 Å². The van der Waals surface area contributed by atoms with Gasteiger partial charge in [0.05, 0.1) is 17.1 Å². The molecule has 0 aliphatic carbocycles. The maximum Gasteiger partial charge on any atom is 0.303 e. The first kappa shape index (κ1) is 15.3. The van der Waals surface area contributed by atoms with Crippen LogP contribution in [0.5, 0.6) is 0 Å². The van der Waals surface area contributed by atoms with Gasteiger partial charge in [0.15, 0.2) is 9.84 Å². The van der Waals surface area contributed by atoms with Gasteiger partial charge in [-0.05, 0) is 30.2 Å². The lowest BCUT2D eigenvalue weighted by Gasteiger charge is -2.38. The minimum absolute atomic E-state index is 0.0361. The fourth-order valence-electron chi connectivity index (χ4n) is 2.24. The normalized spacial score (nSPS) is 16.9. The molecular weight excluding hydrogens is 302 g/mol. The van der Waals surface area contributed by atoms with E-state index in [9.17, 15) is 13.2 Å². The molecule has 20 heavy (non-hydrogen) atoms. The van der Waals surface area contributed by atoms with Crippen molar-refractivity contribution in [1.29, 1.82) is 0 Å². The molecular formula is C13H16ClNO4S. The molecule has 1 N–H and O–H groups in total. The molecule has 0 radical (unpaired) electrons. The van der Waals surface area contributed by atoms with Gasteiger partial charge in [-0.2, -0.15) is 0 Å². The molecule has 1 aromatic carbocycles. The molecule has 0 atom stereocenters. The molecule has 1 aliphatic heterocycles. The molecule has 0 aromatic heterocycles. The van der Waals surface area contributed by atoms with Gasteiger partial charge in [-0.3, -0.25) is 4.79 Å². The van der Waals surface area contributed by atoms with Crippen molar-refractivity contribution in [2.75, 3.05) is 25.4 Å². The van der Waals surface area contributed by atoms with Crippen LogP contribution in [-0.2, 0) is 14.6 Å². The zero-order valence-corrected chi connectivity index (χ0v) is 12.4. The van der Waals surface area contributed by atoms with Crippen molar-refractivity contribution in [2.24, 2.45) is 5.92 Å². The number of carbonyl (C=O) groups is 1. The fraction of sp³-hybridized carbons (Fsp3) is 0.462. The Balaban J connectivity index is 1.82. The molecule has 0 amide bonds. The lowest BCUT2D eigenvalue weighted by Crippen LogP contribution is -2.49. The van der Waals surface area contributed by atoms with Gasteiger partial charge in [-0.15, -0.1) is 0 Å². The van der Waals surface area contributed by atoms with Crippen molar-refractivity contribution in [3.05, 3.63) is 29.3 Å². The maximum atomic E-state index is 12.1. The standard InChI is InChI=1S/C13H16ClNO4S/c14-11-1-3-12(4-2-11)20(18,19)6-5-15-8-10(9-15)7-13(16)17/h1-4,10H,5-9H2,(H,16,17). The molecule has 0 bridgehead atoms. The Morgan fingerprint density at radius 2 is 1.90 bits per heavy atom. The average Bonchev–Trinajstić information content (AvgIpc) is 2.32. The highest BCUT2D eigenvalue weighted by atomic mass is 35.5. The molecule has 0 spiro atoms. The smallest absolute Gasteiger partial charge is 0.303 e. The summed E-state index contributed by atoms with van der Waals surface area (Å²) in [5, 5.41) is 9.14. The fourth-order valence-corrected chi connectivity index (χ4v) is 3.66. The van der Waals surface area contributed by atoms with E-state index in [1.807, 2.05) is 4.90 Å². The third-order valence-electron chi connectivity index (χ3n) is 3.35. The number of aliphatic carboxylic acids is 1. The number of carboxylic acid groups (broad SMARTS) is 1. The van der Waals surface area contributed by atoms with E-state index in [1.165, 1.54) is 12.1 Å². The SMILES string of the molecule is O=C(O)CC1CN(CCS(=O)(=O)c2ccc(Cl)cc2)C1. The summed E-state index contributed by atoms with van der Waals surface area (Å²) in [6.07, 6.45) is 0.153. The van der Waals surface area contributed by atoms with Gasteiger partial charge < -0.3 is 10.0 Å². The summed E-state index contributed by atoms with van der Waals surface area (Å²) in [5.41, 5.74) is 0. The summed E-state index contributed by atoms with van der Waals surface area (Å²) in [7, 11) is -3.31. The second kappa shape index (κ2) is 6.11. The quantitative estimate of drug-likeness (QED) is 0.861. The van der Waals surface area contributed by atoms with Crippen LogP contribution in [0.1, 0.15) is 6.42 Å². The van der Waals surface area contributed by atoms with E-state index in [-0.39, 0.29) is 23.0 Å². The lowest BCUT2D eigenvalue weighted by molar-refractivity contribution is -0.139. The van der Waals surface area contributed by atoms with Crippen LogP contribution in [0.25, 0.3) is 0 Å². The minimum atomic E-state index is -3.31. The third-order valence-corrected chi connectivity index (χ3v) is 5.31. The highest BCUT2D eigenvalue weighted by Crippen LogP contribution is 2.20. The number of benzene rings is 1. The van der Waals surface area contributed by atoms with E-state index in [0.29, 0.717) is 24.7 Å². The van der Waals surface area contributed by atoms with Gasteiger partial charge in [0.25, 0.3) is 0 Å². The van der Waals surface area contributed by atoms with Crippen molar-refractivity contribution in [3.63, 3.8) is 0 Å².